The van der Waals surface area contributed by atoms with E-state index in [0.29, 0.717) is 6.54 Å². The van der Waals surface area contributed by atoms with Crippen molar-refractivity contribution in [3.8, 4) is 0 Å². The van der Waals surface area contributed by atoms with Gasteiger partial charge in [-0.15, -0.1) is 0 Å². The molecule has 162 valence electrons. The van der Waals surface area contributed by atoms with Crippen LogP contribution in [0.2, 0.25) is 0 Å². The summed E-state index contributed by atoms with van der Waals surface area (Å²) in [5.41, 5.74) is 1.11. The first-order chi connectivity index (χ1) is 14.2. The van der Waals surface area contributed by atoms with Gasteiger partial charge >= 0.3 is 0 Å². The molecule has 2 aliphatic heterocycles. The third kappa shape index (κ3) is 6.94. The fourth-order valence-corrected chi connectivity index (χ4v) is 4.27. The number of hydrogen-bond acceptors (Lipinski definition) is 4. The molecule has 2 fully saturated rings. The average molecular weight is 406 g/mol. The van der Waals surface area contributed by atoms with Crippen molar-refractivity contribution in [1.82, 2.24) is 20.4 Å². The lowest BCUT2D eigenvalue weighted by Crippen LogP contribution is -2.47. The minimum absolute atomic E-state index is 0.154. The molecule has 0 aliphatic carbocycles. The van der Waals surface area contributed by atoms with E-state index in [1.165, 1.54) is 38.1 Å². The minimum atomic E-state index is -0.202. The summed E-state index contributed by atoms with van der Waals surface area (Å²) in [6.07, 6.45) is 2.65. The molecule has 0 bridgehead atoms. The first-order valence-electron chi connectivity index (χ1n) is 10.9. The molecule has 0 saturated carbocycles. The number of morpholine rings is 1. The minimum Gasteiger partial charge on any atom is -0.379 e. The van der Waals surface area contributed by atoms with Crippen molar-refractivity contribution in [2.75, 3.05) is 66.1 Å². The molecule has 1 aromatic carbocycles. The molecule has 3 rings (SSSR count). The van der Waals surface area contributed by atoms with E-state index >= 15 is 0 Å². The predicted molar refractivity (Wildman–Crippen MR) is 116 cm³/mol. The maximum Gasteiger partial charge on any atom is 0.191 e. The molecule has 0 spiro atoms. The smallest absolute Gasteiger partial charge is 0.191 e. The number of nitrogens with one attached hydrogen (secondary N) is 2. The van der Waals surface area contributed by atoms with Crippen LogP contribution in [-0.4, -0.2) is 81.8 Å². The van der Waals surface area contributed by atoms with E-state index in [9.17, 15) is 4.39 Å². The van der Waals surface area contributed by atoms with Crippen LogP contribution in [0.5, 0.6) is 0 Å². The highest BCUT2D eigenvalue weighted by atomic mass is 19.1. The fraction of sp³-hybridized carbons (Fsp3) is 0.682. The van der Waals surface area contributed by atoms with Crippen molar-refractivity contribution in [3.05, 3.63) is 35.6 Å². The molecule has 0 aromatic heterocycles. The number of benzene rings is 1. The fourth-order valence-electron chi connectivity index (χ4n) is 4.27. The second-order valence-electron chi connectivity index (χ2n) is 8.14. The topological polar surface area (TPSA) is 52.1 Å². The van der Waals surface area contributed by atoms with E-state index in [-0.39, 0.29) is 11.9 Å². The second kappa shape index (κ2) is 11.5. The summed E-state index contributed by atoms with van der Waals surface area (Å²) in [6, 6.07) is 6.99. The lowest BCUT2D eigenvalue weighted by atomic mass is 10.0. The standard InChI is InChI=1S/C22H36FN5O/c1-18-4-3-10-27(17-18)11-9-25-22(24-2)26-16-21(28-12-14-29-15-13-28)19-5-7-20(23)8-6-19/h5-8,18,21H,3-4,9-17H2,1-2H3,(H2,24,25,26). The Morgan fingerprint density at radius 2 is 1.97 bits per heavy atom. The van der Waals surface area contributed by atoms with Crippen LogP contribution in [0.15, 0.2) is 29.3 Å². The lowest BCUT2D eigenvalue weighted by molar-refractivity contribution is 0.0170. The maximum absolute atomic E-state index is 13.4. The average Bonchev–Trinajstić information content (AvgIpc) is 2.74. The van der Waals surface area contributed by atoms with E-state index in [0.717, 1.165) is 56.8 Å². The Balaban J connectivity index is 1.51. The number of aliphatic imine (C=N–C) groups is 1. The van der Waals surface area contributed by atoms with Crippen molar-refractivity contribution in [2.45, 2.75) is 25.8 Å². The number of ether oxygens (including phenoxy) is 1. The van der Waals surface area contributed by atoms with Crippen LogP contribution in [-0.2, 0) is 4.74 Å². The van der Waals surface area contributed by atoms with Crippen molar-refractivity contribution < 1.29 is 9.13 Å². The monoisotopic (exact) mass is 405 g/mol. The van der Waals surface area contributed by atoms with Gasteiger partial charge < -0.3 is 20.3 Å². The Hall–Kier alpha value is -1.70. The number of piperidine rings is 1. The number of guanidine groups is 1. The number of rotatable bonds is 7. The number of halogens is 1. The van der Waals surface area contributed by atoms with Crippen LogP contribution in [0, 0.1) is 11.7 Å². The highest BCUT2D eigenvalue weighted by Gasteiger charge is 2.23. The van der Waals surface area contributed by atoms with Crippen LogP contribution >= 0.6 is 0 Å². The SMILES string of the molecule is CN=C(NCCN1CCCC(C)C1)NCC(c1ccc(F)cc1)N1CCOCC1. The normalized spacial score (nSPS) is 23.0. The summed E-state index contributed by atoms with van der Waals surface area (Å²) in [7, 11) is 1.81. The van der Waals surface area contributed by atoms with Gasteiger partial charge in [0, 0.05) is 46.3 Å². The first kappa shape index (κ1) is 22.0. The zero-order chi connectivity index (χ0) is 20.5. The highest BCUT2D eigenvalue weighted by molar-refractivity contribution is 5.79. The van der Waals surface area contributed by atoms with E-state index in [1.54, 1.807) is 7.05 Å². The van der Waals surface area contributed by atoms with E-state index in [1.807, 2.05) is 12.1 Å². The van der Waals surface area contributed by atoms with Crippen LogP contribution in [0.3, 0.4) is 0 Å². The molecule has 0 radical (unpaired) electrons. The Morgan fingerprint density at radius 1 is 1.21 bits per heavy atom. The van der Waals surface area contributed by atoms with Gasteiger partial charge in [0.15, 0.2) is 5.96 Å². The Kier molecular flexibility index (Phi) is 8.70. The molecule has 2 unspecified atom stereocenters. The largest absolute Gasteiger partial charge is 0.379 e. The van der Waals surface area contributed by atoms with Gasteiger partial charge in [0.25, 0.3) is 0 Å². The molecule has 2 saturated heterocycles. The first-order valence-corrected chi connectivity index (χ1v) is 10.9. The summed E-state index contributed by atoms with van der Waals surface area (Å²) in [6.45, 7) is 10.6. The summed E-state index contributed by atoms with van der Waals surface area (Å²) in [5, 5.41) is 6.91. The summed E-state index contributed by atoms with van der Waals surface area (Å²) >= 11 is 0. The molecule has 1 aromatic rings. The third-order valence-corrected chi connectivity index (χ3v) is 5.89. The van der Waals surface area contributed by atoms with Gasteiger partial charge in [-0.1, -0.05) is 19.1 Å². The van der Waals surface area contributed by atoms with Crippen LogP contribution in [0.25, 0.3) is 0 Å². The second-order valence-corrected chi connectivity index (χ2v) is 8.14. The molecular weight excluding hydrogens is 369 g/mol. The zero-order valence-electron chi connectivity index (χ0n) is 17.9. The van der Waals surface area contributed by atoms with Crippen molar-refractivity contribution in [1.29, 1.82) is 0 Å². The highest BCUT2D eigenvalue weighted by Crippen LogP contribution is 2.21. The molecule has 2 heterocycles. The number of nitrogens with zero attached hydrogens (tertiary/aromatic N) is 3. The quantitative estimate of drug-likeness (QED) is 0.538. The Morgan fingerprint density at radius 3 is 2.66 bits per heavy atom. The third-order valence-electron chi connectivity index (χ3n) is 5.89. The van der Waals surface area contributed by atoms with Gasteiger partial charge in [0.1, 0.15) is 5.82 Å². The summed E-state index contributed by atoms with van der Waals surface area (Å²) in [4.78, 5) is 9.31. The summed E-state index contributed by atoms with van der Waals surface area (Å²) < 4.78 is 18.9. The van der Waals surface area contributed by atoms with Gasteiger partial charge in [-0.25, -0.2) is 4.39 Å². The van der Waals surface area contributed by atoms with Crippen LogP contribution in [0.4, 0.5) is 4.39 Å². The molecule has 2 atom stereocenters. The summed E-state index contributed by atoms with van der Waals surface area (Å²) in [5.74, 6) is 1.41. The molecule has 6 nitrogen and oxygen atoms in total. The number of hydrogen-bond donors (Lipinski definition) is 2. The van der Waals surface area contributed by atoms with E-state index in [2.05, 4.69) is 32.3 Å². The van der Waals surface area contributed by atoms with E-state index in [4.69, 9.17) is 4.74 Å². The molecule has 29 heavy (non-hydrogen) atoms. The molecule has 0 amide bonds. The molecule has 2 N–H and O–H groups in total. The van der Waals surface area contributed by atoms with Gasteiger partial charge in [-0.2, -0.15) is 0 Å². The Bertz CT molecular complexity index is 633. The van der Waals surface area contributed by atoms with Crippen molar-refractivity contribution in [2.24, 2.45) is 10.9 Å². The maximum atomic E-state index is 13.4. The molecular formula is C22H36FN5O. The van der Waals surface area contributed by atoms with E-state index < -0.39 is 0 Å². The zero-order valence-corrected chi connectivity index (χ0v) is 17.9. The van der Waals surface area contributed by atoms with Crippen molar-refractivity contribution in [3.63, 3.8) is 0 Å². The van der Waals surface area contributed by atoms with Crippen molar-refractivity contribution >= 4 is 5.96 Å². The van der Waals surface area contributed by atoms with Gasteiger partial charge in [0.05, 0.1) is 19.3 Å². The Labute approximate surface area is 174 Å². The predicted octanol–water partition coefficient (Wildman–Crippen LogP) is 2.10. The van der Waals surface area contributed by atoms with Crippen LogP contribution in [0.1, 0.15) is 31.4 Å². The lowest BCUT2D eigenvalue weighted by Gasteiger charge is -2.35. The molecule has 7 heteroatoms. The number of likely N-dealkylation sites (tertiary alicyclic amines) is 1. The van der Waals surface area contributed by atoms with Gasteiger partial charge in [-0.3, -0.25) is 9.89 Å². The van der Waals surface area contributed by atoms with Gasteiger partial charge in [-0.05, 0) is 43.0 Å². The molecule has 2 aliphatic rings. The van der Waals surface area contributed by atoms with Gasteiger partial charge in [0.2, 0.25) is 0 Å². The van der Waals surface area contributed by atoms with Crippen LogP contribution < -0.4 is 10.6 Å².